The summed E-state index contributed by atoms with van der Waals surface area (Å²) in [7, 11) is 0. The number of thiazole rings is 1. The molecular weight excluding hydrogens is 372 g/mol. The van der Waals surface area contributed by atoms with Crippen LogP contribution in [0.1, 0.15) is 42.6 Å². The molecule has 5 nitrogen and oxygen atoms in total. The van der Waals surface area contributed by atoms with Gasteiger partial charge in [-0.25, -0.2) is 0 Å². The van der Waals surface area contributed by atoms with Gasteiger partial charge in [0.2, 0.25) is 5.43 Å². The first-order valence-corrected chi connectivity index (χ1v) is 10.0. The molecule has 0 aliphatic carbocycles. The van der Waals surface area contributed by atoms with Crippen molar-refractivity contribution in [2.45, 2.75) is 33.2 Å². The summed E-state index contributed by atoms with van der Waals surface area (Å²) in [5.74, 6) is -0.164. The van der Waals surface area contributed by atoms with E-state index in [0.29, 0.717) is 28.2 Å². The Morgan fingerprint density at radius 2 is 2.00 bits per heavy atom. The van der Waals surface area contributed by atoms with Crippen LogP contribution in [0.4, 0.5) is 0 Å². The number of para-hydroxylation sites is 1. The first-order chi connectivity index (χ1) is 13.5. The van der Waals surface area contributed by atoms with Gasteiger partial charge >= 0.3 is 0 Å². The summed E-state index contributed by atoms with van der Waals surface area (Å²) in [5.41, 5.74) is 2.32. The highest BCUT2D eigenvalue weighted by Gasteiger charge is 2.15. The van der Waals surface area contributed by atoms with Gasteiger partial charge in [-0.05, 0) is 42.7 Å². The summed E-state index contributed by atoms with van der Waals surface area (Å²) in [6.45, 7) is 6.99. The summed E-state index contributed by atoms with van der Waals surface area (Å²) in [6, 6.07) is 13.2. The molecule has 0 saturated heterocycles. The molecule has 2 aromatic carbocycles. The predicted molar refractivity (Wildman–Crippen MR) is 112 cm³/mol. The van der Waals surface area contributed by atoms with E-state index in [1.807, 2.05) is 11.5 Å². The Morgan fingerprint density at radius 1 is 1.21 bits per heavy atom. The average Bonchev–Trinajstić information content (AvgIpc) is 3.04. The number of benzene rings is 2. The molecule has 0 bridgehead atoms. The maximum atomic E-state index is 12.8. The van der Waals surface area contributed by atoms with E-state index in [4.69, 9.17) is 4.42 Å². The van der Waals surface area contributed by atoms with E-state index in [-0.39, 0.29) is 11.0 Å². The fourth-order valence-electron chi connectivity index (χ4n) is 3.21. The third-order valence-electron chi connectivity index (χ3n) is 4.80. The zero-order chi connectivity index (χ0) is 19.8. The molecule has 0 spiro atoms. The minimum Gasteiger partial charge on any atom is -0.463 e. The second kappa shape index (κ2) is 7.20. The Kier molecular flexibility index (Phi) is 4.73. The van der Waals surface area contributed by atoms with Crippen LogP contribution >= 0.6 is 11.3 Å². The first kappa shape index (κ1) is 18.4. The van der Waals surface area contributed by atoms with Gasteiger partial charge in [-0.2, -0.15) is 4.99 Å². The number of aryl methyl sites for hydroxylation is 1. The van der Waals surface area contributed by atoms with Crippen LogP contribution in [0.3, 0.4) is 0 Å². The number of aromatic nitrogens is 1. The summed E-state index contributed by atoms with van der Waals surface area (Å²) in [4.78, 5) is 30.3. The SMILES string of the molecule is CCn1c(=NC(=O)c2coc3ccccc3c2=O)sc2cc(C(C)C)ccc21. The molecule has 0 unspecified atom stereocenters. The largest absolute Gasteiger partial charge is 0.463 e. The fraction of sp³-hybridized carbons (Fsp3) is 0.227. The molecule has 0 N–H and O–H groups in total. The minimum atomic E-state index is -0.586. The molecule has 2 heterocycles. The second-order valence-corrected chi connectivity index (χ2v) is 7.91. The number of amides is 1. The third-order valence-corrected chi connectivity index (χ3v) is 5.84. The summed E-state index contributed by atoms with van der Waals surface area (Å²) >= 11 is 1.46. The summed E-state index contributed by atoms with van der Waals surface area (Å²) < 4.78 is 8.52. The lowest BCUT2D eigenvalue weighted by atomic mass is 10.0. The van der Waals surface area contributed by atoms with Crippen molar-refractivity contribution in [1.82, 2.24) is 4.57 Å². The Balaban J connectivity index is 1.86. The molecule has 2 aromatic heterocycles. The molecule has 0 saturated carbocycles. The van der Waals surface area contributed by atoms with Gasteiger partial charge in [-0.15, -0.1) is 0 Å². The molecule has 4 aromatic rings. The minimum absolute atomic E-state index is 0.0540. The number of nitrogens with zero attached hydrogens (tertiary/aromatic N) is 2. The molecule has 142 valence electrons. The van der Waals surface area contributed by atoms with Gasteiger partial charge in [-0.1, -0.05) is 43.4 Å². The summed E-state index contributed by atoms with van der Waals surface area (Å²) in [6.07, 6.45) is 1.21. The number of rotatable bonds is 3. The van der Waals surface area contributed by atoms with Crippen molar-refractivity contribution in [3.05, 3.63) is 74.9 Å². The van der Waals surface area contributed by atoms with Gasteiger partial charge in [-0.3, -0.25) is 9.59 Å². The van der Waals surface area contributed by atoms with Crippen molar-refractivity contribution < 1.29 is 9.21 Å². The highest BCUT2D eigenvalue weighted by atomic mass is 32.1. The standard InChI is InChI=1S/C22H20N2O3S/c1-4-24-17-10-9-14(13(2)3)11-19(17)28-22(24)23-21(26)16-12-27-18-8-6-5-7-15(18)20(16)25/h5-13H,4H2,1-3H3. The molecule has 0 fully saturated rings. The van der Waals surface area contributed by atoms with E-state index < -0.39 is 5.91 Å². The number of hydrogen-bond donors (Lipinski definition) is 0. The second-order valence-electron chi connectivity index (χ2n) is 6.90. The number of fused-ring (bicyclic) bond motifs is 2. The lowest BCUT2D eigenvalue weighted by molar-refractivity contribution is 0.0995. The average molecular weight is 392 g/mol. The predicted octanol–water partition coefficient (Wildman–Crippen LogP) is 4.69. The molecule has 0 atom stereocenters. The third kappa shape index (κ3) is 3.10. The lowest BCUT2D eigenvalue weighted by Gasteiger charge is -2.05. The van der Waals surface area contributed by atoms with Crippen molar-refractivity contribution in [3.8, 4) is 0 Å². The highest BCUT2D eigenvalue weighted by molar-refractivity contribution is 7.16. The lowest BCUT2D eigenvalue weighted by Crippen LogP contribution is -2.19. The molecule has 0 radical (unpaired) electrons. The van der Waals surface area contributed by atoms with Crippen molar-refractivity contribution >= 4 is 38.4 Å². The molecule has 1 amide bonds. The molecule has 4 rings (SSSR count). The van der Waals surface area contributed by atoms with Crippen LogP contribution in [0.2, 0.25) is 0 Å². The van der Waals surface area contributed by atoms with Crippen molar-refractivity contribution in [2.24, 2.45) is 4.99 Å². The Hall–Kier alpha value is -2.99. The normalized spacial score (nSPS) is 12.4. The van der Waals surface area contributed by atoms with E-state index in [9.17, 15) is 9.59 Å². The van der Waals surface area contributed by atoms with E-state index in [1.165, 1.54) is 23.2 Å². The molecule has 28 heavy (non-hydrogen) atoms. The number of hydrogen-bond acceptors (Lipinski definition) is 4. The number of carbonyl (C=O) groups excluding carboxylic acids is 1. The van der Waals surface area contributed by atoms with Crippen LogP contribution in [0, 0.1) is 0 Å². The zero-order valence-electron chi connectivity index (χ0n) is 15.9. The van der Waals surface area contributed by atoms with Crippen molar-refractivity contribution in [3.63, 3.8) is 0 Å². The van der Waals surface area contributed by atoms with Crippen LogP contribution in [-0.2, 0) is 6.54 Å². The van der Waals surface area contributed by atoms with E-state index in [2.05, 4.69) is 37.0 Å². The molecular formula is C22H20N2O3S. The van der Waals surface area contributed by atoms with Crippen LogP contribution in [-0.4, -0.2) is 10.5 Å². The van der Waals surface area contributed by atoms with Crippen LogP contribution < -0.4 is 10.2 Å². The monoisotopic (exact) mass is 392 g/mol. The van der Waals surface area contributed by atoms with Crippen LogP contribution in [0.5, 0.6) is 0 Å². The van der Waals surface area contributed by atoms with Crippen molar-refractivity contribution in [2.75, 3.05) is 0 Å². The van der Waals surface area contributed by atoms with E-state index in [0.717, 1.165) is 10.2 Å². The van der Waals surface area contributed by atoms with Crippen LogP contribution in [0.25, 0.3) is 21.2 Å². The molecule has 0 aliphatic heterocycles. The first-order valence-electron chi connectivity index (χ1n) is 9.22. The quantitative estimate of drug-likeness (QED) is 0.508. The molecule has 0 aliphatic rings. The summed E-state index contributed by atoms with van der Waals surface area (Å²) in [5, 5.41) is 0.379. The number of carbonyl (C=O) groups is 1. The molecule has 6 heteroatoms. The van der Waals surface area contributed by atoms with Gasteiger partial charge in [0.1, 0.15) is 17.4 Å². The van der Waals surface area contributed by atoms with Gasteiger partial charge in [0.15, 0.2) is 4.80 Å². The maximum Gasteiger partial charge on any atom is 0.286 e. The van der Waals surface area contributed by atoms with Gasteiger partial charge in [0.05, 0.1) is 15.6 Å². The Morgan fingerprint density at radius 3 is 2.75 bits per heavy atom. The zero-order valence-corrected chi connectivity index (χ0v) is 16.7. The van der Waals surface area contributed by atoms with Crippen LogP contribution in [0.15, 0.2) is 62.9 Å². The van der Waals surface area contributed by atoms with E-state index in [1.54, 1.807) is 24.3 Å². The van der Waals surface area contributed by atoms with E-state index >= 15 is 0 Å². The maximum absolute atomic E-state index is 12.8. The van der Waals surface area contributed by atoms with Gasteiger partial charge in [0.25, 0.3) is 5.91 Å². The Labute approximate surface area is 165 Å². The highest BCUT2D eigenvalue weighted by Crippen LogP contribution is 2.23. The Bertz CT molecular complexity index is 1330. The van der Waals surface area contributed by atoms with Gasteiger partial charge < -0.3 is 8.98 Å². The van der Waals surface area contributed by atoms with Gasteiger partial charge in [0, 0.05) is 6.54 Å². The van der Waals surface area contributed by atoms with Crippen molar-refractivity contribution in [1.29, 1.82) is 0 Å². The topological polar surface area (TPSA) is 64.6 Å². The smallest absolute Gasteiger partial charge is 0.286 e. The fourth-order valence-corrected chi connectivity index (χ4v) is 4.35.